The van der Waals surface area contributed by atoms with Crippen molar-refractivity contribution in [3.05, 3.63) is 59.1 Å². The van der Waals surface area contributed by atoms with E-state index in [-0.39, 0.29) is 24.6 Å². The van der Waals surface area contributed by atoms with Crippen LogP contribution in [0, 0.1) is 0 Å². The van der Waals surface area contributed by atoms with Crippen LogP contribution in [0.1, 0.15) is 18.5 Å². The highest BCUT2D eigenvalue weighted by Crippen LogP contribution is 2.26. The molecule has 7 heteroatoms. The standard InChI is InChI=1S/C19H22ClN3O3/c1-13(16-6-4-5-7-17(16)20)23(2)19(25)22-15-10-8-14(9-11-15)21-18(24)12-26-3/h4-11,13H,12H2,1-3H3,(H,21,24)(H,22,25)/t13-/m0/s1. The second-order valence-electron chi connectivity index (χ2n) is 5.80. The quantitative estimate of drug-likeness (QED) is 0.796. The van der Waals surface area contributed by atoms with Gasteiger partial charge < -0.3 is 20.3 Å². The first kappa shape index (κ1) is 19.8. The lowest BCUT2D eigenvalue weighted by molar-refractivity contribution is -0.119. The predicted octanol–water partition coefficient (Wildman–Crippen LogP) is 4.15. The third-order valence-electron chi connectivity index (χ3n) is 3.95. The zero-order valence-electron chi connectivity index (χ0n) is 15.0. The van der Waals surface area contributed by atoms with Gasteiger partial charge in [0.15, 0.2) is 0 Å². The lowest BCUT2D eigenvalue weighted by Gasteiger charge is -2.26. The molecule has 0 aliphatic heterocycles. The normalized spacial score (nSPS) is 11.5. The van der Waals surface area contributed by atoms with E-state index in [0.717, 1.165) is 5.56 Å². The van der Waals surface area contributed by atoms with E-state index < -0.39 is 0 Å². The Labute approximate surface area is 158 Å². The van der Waals surface area contributed by atoms with E-state index in [1.165, 1.54) is 7.11 Å². The molecule has 2 rings (SSSR count). The number of urea groups is 1. The summed E-state index contributed by atoms with van der Waals surface area (Å²) in [5, 5.41) is 6.14. The number of ether oxygens (including phenoxy) is 1. The molecule has 1 atom stereocenters. The Kier molecular flexibility index (Phi) is 7.00. The van der Waals surface area contributed by atoms with Crippen molar-refractivity contribution in [2.75, 3.05) is 31.4 Å². The number of carbonyl (C=O) groups excluding carboxylic acids is 2. The van der Waals surface area contributed by atoms with E-state index in [4.69, 9.17) is 16.3 Å². The third-order valence-corrected chi connectivity index (χ3v) is 4.30. The molecule has 0 saturated carbocycles. The average Bonchev–Trinajstić information content (AvgIpc) is 2.62. The molecule has 0 bridgehead atoms. The number of nitrogens with one attached hydrogen (secondary N) is 2. The summed E-state index contributed by atoms with van der Waals surface area (Å²) in [7, 11) is 3.17. The molecular weight excluding hydrogens is 354 g/mol. The summed E-state index contributed by atoms with van der Waals surface area (Å²) < 4.78 is 4.76. The van der Waals surface area contributed by atoms with Crippen LogP contribution in [0.15, 0.2) is 48.5 Å². The van der Waals surface area contributed by atoms with E-state index in [1.54, 1.807) is 42.3 Å². The first-order valence-electron chi connectivity index (χ1n) is 8.09. The van der Waals surface area contributed by atoms with Crippen LogP contribution in [0.4, 0.5) is 16.2 Å². The van der Waals surface area contributed by atoms with E-state index in [9.17, 15) is 9.59 Å². The van der Waals surface area contributed by atoms with Crippen molar-refractivity contribution in [1.29, 1.82) is 0 Å². The van der Waals surface area contributed by atoms with Crippen LogP contribution in [0.5, 0.6) is 0 Å². The summed E-state index contributed by atoms with van der Waals surface area (Å²) in [4.78, 5) is 25.5. The van der Waals surface area contributed by atoms with E-state index >= 15 is 0 Å². The lowest BCUT2D eigenvalue weighted by Crippen LogP contribution is -2.33. The fraction of sp³-hybridized carbons (Fsp3) is 0.263. The summed E-state index contributed by atoms with van der Waals surface area (Å²) in [5.41, 5.74) is 2.13. The Balaban J connectivity index is 1.98. The first-order valence-corrected chi connectivity index (χ1v) is 8.47. The number of halogens is 1. The Hall–Kier alpha value is -2.57. The van der Waals surface area contributed by atoms with Gasteiger partial charge in [-0.3, -0.25) is 4.79 Å². The molecule has 6 nitrogen and oxygen atoms in total. The minimum Gasteiger partial charge on any atom is -0.375 e. The zero-order chi connectivity index (χ0) is 19.1. The summed E-state index contributed by atoms with van der Waals surface area (Å²) in [5.74, 6) is -0.238. The van der Waals surface area contributed by atoms with Gasteiger partial charge in [0, 0.05) is 30.6 Å². The molecule has 0 fully saturated rings. The SMILES string of the molecule is COCC(=O)Nc1ccc(NC(=O)N(C)[C@@H](C)c2ccccc2Cl)cc1. The summed E-state index contributed by atoms with van der Waals surface area (Å²) in [6.45, 7) is 1.90. The summed E-state index contributed by atoms with van der Waals surface area (Å²) >= 11 is 6.21. The number of amides is 3. The molecule has 2 N–H and O–H groups in total. The monoisotopic (exact) mass is 375 g/mol. The van der Waals surface area contributed by atoms with E-state index in [2.05, 4.69) is 10.6 Å². The van der Waals surface area contributed by atoms with Crippen LogP contribution in [0.25, 0.3) is 0 Å². The number of rotatable bonds is 6. The van der Waals surface area contributed by atoms with E-state index in [1.807, 2.05) is 25.1 Å². The maximum absolute atomic E-state index is 12.5. The van der Waals surface area contributed by atoms with Gasteiger partial charge in [0.25, 0.3) is 0 Å². The Morgan fingerprint density at radius 3 is 2.23 bits per heavy atom. The number of carbonyl (C=O) groups is 2. The first-order chi connectivity index (χ1) is 12.4. The van der Waals surface area contributed by atoms with Crippen molar-refractivity contribution in [2.24, 2.45) is 0 Å². The van der Waals surface area contributed by atoms with Crippen molar-refractivity contribution in [1.82, 2.24) is 4.90 Å². The van der Waals surface area contributed by atoms with Gasteiger partial charge >= 0.3 is 6.03 Å². The number of hydrogen-bond donors (Lipinski definition) is 2. The van der Waals surface area contributed by atoms with Gasteiger partial charge in [-0.2, -0.15) is 0 Å². The molecule has 0 saturated heterocycles. The van der Waals surface area contributed by atoms with Gasteiger partial charge in [-0.25, -0.2) is 4.79 Å². The predicted molar refractivity (Wildman–Crippen MR) is 104 cm³/mol. The third kappa shape index (κ3) is 5.21. The molecule has 0 aliphatic rings. The zero-order valence-corrected chi connectivity index (χ0v) is 15.7. The molecule has 0 radical (unpaired) electrons. The van der Waals surface area contributed by atoms with Crippen molar-refractivity contribution in [2.45, 2.75) is 13.0 Å². The molecular formula is C19H22ClN3O3. The molecule has 138 valence electrons. The molecule has 0 aromatic heterocycles. The average molecular weight is 376 g/mol. The second-order valence-corrected chi connectivity index (χ2v) is 6.20. The van der Waals surface area contributed by atoms with Crippen LogP contribution in [-0.2, 0) is 9.53 Å². The highest BCUT2D eigenvalue weighted by atomic mass is 35.5. The van der Waals surface area contributed by atoms with Gasteiger partial charge in [-0.1, -0.05) is 29.8 Å². The highest BCUT2D eigenvalue weighted by Gasteiger charge is 2.19. The molecule has 3 amide bonds. The Bertz CT molecular complexity index is 765. The maximum Gasteiger partial charge on any atom is 0.322 e. The minimum atomic E-state index is -0.256. The van der Waals surface area contributed by atoms with Gasteiger partial charge in [0.1, 0.15) is 6.61 Å². The summed E-state index contributed by atoms with van der Waals surface area (Å²) in [6.07, 6.45) is 0. The van der Waals surface area contributed by atoms with Gasteiger partial charge in [-0.15, -0.1) is 0 Å². The maximum atomic E-state index is 12.5. The molecule has 2 aromatic carbocycles. The number of anilines is 2. The van der Waals surface area contributed by atoms with Gasteiger partial charge in [0.2, 0.25) is 5.91 Å². The van der Waals surface area contributed by atoms with E-state index in [0.29, 0.717) is 16.4 Å². The fourth-order valence-corrected chi connectivity index (χ4v) is 2.67. The number of hydrogen-bond acceptors (Lipinski definition) is 3. The number of benzene rings is 2. The van der Waals surface area contributed by atoms with Crippen LogP contribution in [0.3, 0.4) is 0 Å². The number of nitrogens with zero attached hydrogens (tertiary/aromatic N) is 1. The lowest BCUT2D eigenvalue weighted by atomic mass is 10.1. The Morgan fingerprint density at radius 1 is 1.08 bits per heavy atom. The Morgan fingerprint density at radius 2 is 1.65 bits per heavy atom. The second kappa shape index (κ2) is 9.22. The molecule has 2 aromatic rings. The van der Waals surface area contributed by atoms with Crippen LogP contribution in [-0.4, -0.2) is 37.6 Å². The summed E-state index contributed by atoms with van der Waals surface area (Å²) in [6, 6.07) is 13.9. The largest absolute Gasteiger partial charge is 0.375 e. The topological polar surface area (TPSA) is 70.7 Å². The smallest absolute Gasteiger partial charge is 0.322 e. The van der Waals surface area contributed by atoms with Crippen LogP contribution >= 0.6 is 11.6 Å². The van der Waals surface area contributed by atoms with Crippen LogP contribution in [0.2, 0.25) is 5.02 Å². The van der Waals surface area contributed by atoms with Crippen molar-refractivity contribution >= 4 is 34.9 Å². The molecule has 26 heavy (non-hydrogen) atoms. The fourth-order valence-electron chi connectivity index (χ4n) is 2.38. The van der Waals surface area contributed by atoms with Crippen molar-refractivity contribution < 1.29 is 14.3 Å². The van der Waals surface area contributed by atoms with Gasteiger partial charge in [-0.05, 0) is 42.8 Å². The van der Waals surface area contributed by atoms with Crippen molar-refractivity contribution in [3.63, 3.8) is 0 Å². The highest BCUT2D eigenvalue weighted by molar-refractivity contribution is 6.31. The minimum absolute atomic E-state index is 0.0107. The van der Waals surface area contributed by atoms with Gasteiger partial charge in [0.05, 0.1) is 6.04 Å². The molecule has 0 aliphatic carbocycles. The van der Waals surface area contributed by atoms with Crippen molar-refractivity contribution in [3.8, 4) is 0 Å². The molecule has 0 spiro atoms. The molecule has 0 unspecified atom stereocenters. The molecule has 0 heterocycles. The van der Waals surface area contributed by atoms with Crippen LogP contribution < -0.4 is 10.6 Å². The number of methoxy groups -OCH3 is 1.